The van der Waals surface area contributed by atoms with Crippen LogP contribution in [0.3, 0.4) is 0 Å². The molecule has 83 heavy (non-hydrogen) atoms. The predicted molar refractivity (Wildman–Crippen MR) is 340 cm³/mol. The molecular weight excluding hydrogens is 1040 g/mol. The first-order valence-corrected chi connectivity index (χ1v) is 32.5. The van der Waals surface area contributed by atoms with Crippen molar-refractivity contribution in [3.63, 3.8) is 0 Å². The number of esters is 3. The zero-order chi connectivity index (χ0) is 60.3. The normalized spacial score (nSPS) is 18.4. The standard InChI is InChI=1S/C71H114O12/c1-4-7-10-13-16-19-22-25-28-30-32-34-37-39-42-45-48-51-54-57-63(72)79-60-62(81-64(73)58-55-52-49-46-43-40-36-27-24-21-18-15-12-9-6-3)61-80-71-69(67(76)66(75)68(83-71)70(77)78)82-65(74)59-56-53-50-47-44-41-38-35-33-31-29-26-23-20-17-14-11-8-5-2/h7,9-10,12,16,18-19,21,25,27-28,32,34,36,39,42-43,46,52,55,62,66-69,71,75-76H,4-6,8,11,13-15,17,20,22-24,26,29-31,33,35,37-38,40-41,44-45,47-51,53-54,56-61H2,1-3H3,(H,77,78)/b10-7-,12-9-,19-16-,21-18-,28-25-,34-32-,36-27-,42-39-,46-43-,55-52-. The lowest BCUT2D eigenvalue weighted by Crippen LogP contribution is -2.61. The smallest absolute Gasteiger partial charge is 0.335 e. The lowest BCUT2D eigenvalue weighted by atomic mass is 9.98. The van der Waals surface area contributed by atoms with Crippen molar-refractivity contribution >= 4 is 23.9 Å². The number of aliphatic hydroxyl groups is 2. The summed E-state index contributed by atoms with van der Waals surface area (Å²) < 4.78 is 28.4. The van der Waals surface area contributed by atoms with Gasteiger partial charge in [0.1, 0.15) is 18.8 Å². The van der Waals surface area contributed by atoms with Crippen LogP contribution in [0.15, 0.2) is 122 Å². The van der Waals surface area contributed by atoms with Crippen molar-refractivity contribution in [3.8, 4) is 0 Å². The van der Waals surface area contributed by atoms with Crippen molar-refractivity contribution in [1.82, 2.24) is 0 Å². The van der Waals surface area contributed by atoms with Crippen LogP contribution in [0.5, 0.6) is 0 Å². The molecule has 3 N–H and O–H groups in total. The molecule has 1 fully saturated rings. The number of carboxylic acid groups (broad SMARTS) is 1. The van der Waals surface area contributed by atoms with Gasteiger partial charge in [-0.1, -0.05) is 264 Å². The fourth-order valence-electron chi connectivity index (χ4n) is 9.18. The highest BCUT2D eigenvalue weighted by Gasteiger charge is 2.50. The third-order valence-corrected chi connectivity index (χ3v) is 14.1. The lowest BCUT2D eigenvalue weighted by molar-refractivity contribution is -0.301. The van der Waals surface area contributed by atoms with Crippen LogP contribution in [0.1, 0.15) is 252 Å². The Balaban J connectivity index is 2.71. The summed E-state index contributed by atoms with van der Waals surface area (Å²) in [6.45, 7) is 5.67. The number of carboxylic acids is 1. The topological polar surface area (TPSA) is 175 Å². The third kappa shape index (κ3) is 47.1. The lowest BCUT2D eigenvalue weighted by Gasteiger charge is -2.40. The average Bonchev–Trinajstić information content (AvgIpc) is 3.57. The number of rotatable bonds is 54. The second-order valence-corrected chi connectivity index (χ2v) is 21.7. The molecule has 470 valence electrons. The van der Waals surface area contributed by atoms with Crippen LogP contribution >= 0.6 is 0 Å². The molecule has 0 aliphatic carbocycles. The summed E-state index contributed by atoms with van der Waals surface area (Å²) in [5, 5.41) is 31.6. The highest BCUT2D eigenvalue weighted by Crippen LogP contribution is 2.26. The molecular formula is C71H114O12. The van der Waals surface area contributed by atoms with Gasteiger partial charge in [0.2, 0.25) is 0 Å². The molecule has 1 aliphatic rings. The van der Waals surface area contributed by atoms with E-state index in [1.807, 2.05) is 18.2 Å². The van der Waals surface area contributed by atoms with Gasteiger partial charge in [-0.3, -0.25) is 14.4 Å². The summed E-state index contributed by atoms with van der Waals surface area (Å²) in [5.41, 5.74) is 0. The molecule has 1 saturated heterocycles. The largest absolute Gasteiger partial charge is 0.479 e. The minimum Gasteiger partial charge on any atom is -0.479 e. The maximum Gasteiger partial charge on any atom is 0.335 e. The van der Waals surface area contributed by atoms with Gasteiger partial charge in [-0.05, 0) is 89.9 Å². The van der Waals surface area contributed by atoms with Crippen LogP contribution in [-0.4, -0.2) is 89.2 Å². The van der Waals surface area contributed by atoms with E-state index >= 15 is 0 Å². The molecule has 0 aromatic rings. The van der Waals surface area contributed by atoms with E-state index in [9.17, 15) is 34.5 Å². The van der Waals surface area contributed by atoms with Crippen molar-refractivity contribution < 1.29 is 58.2 Å². The van der Waals surface area contributed by atoms with Gasteiger partial charge in [-0.25, -0.2) is 4.79 Å². The molecule has 0 saturated carbocycles. The maximum atomic E-state index is 13.1. The van der Waals surface area contributed by atoms with Gasteiger partial charge in [0.15, 0.2) is 24.6 Å². The van der Waals surface area contributed by atoms with Gasteiger partial charge in [0.05, 0.1) is 13.0 Å². The van der Waals surface area contributed by atoms with E-state index in [1.54, 1.807) is 6.08 Å². The first-order valence-electron chi connectivity index (χ1n) is 32.5. The third-order valence-electron chi connectivity index (χ3n) is 14.1. The Hall–Kier alpha value is -4.88. The minimum atomic E-state index is -1.93. The van der Waals surface area contributed by atoms with E-state index in [2.05, 4.69) is 118 Å². The summed E-state index contributed by atoms with van der Waals surface area (Å²) in [5.74, 6) is -3.34. The van der Waals surface area contributed by atoms with Crippen LogP contribution in [0.4, 0.5) is 0 Å². The molecule has 1 heterocycles. The van der Waals surface area contributed by atoms with Gasteiger partial charge in [0.25, 0.3) is 0 Å². The van der Waals surface area contributed by atoms with E-state index in [-0.39, 0.29) is 25.9 Å². The van der Waals surface area contributed by atoms with Gasteiger partial charge < -0.3 is 39.0 Å². The van der Waals surface area contributed by atoms with Crippen molar-refractivity contribution in [2.75, 3.05) is 13.2 Å². The molecule has 0 aromatic heterocycles. The van der Waals surface area contributed by atoms with Gasteiger partial charge in [-0.15, -0.1) is 0 Å². The second-order valence-electron chi connectivity index (χ2n) is 21.7. The molecule has 6 atom stereocenters. The van der Waals surface area contributed by atoms with Gasteiger partial charge in [-0.2, -0.15) is 0 Å². The van der Waals surface area contributed by atoms with Gasteiger partial charge >= 0.3 is 23.9 Å². The van der Waals surface area contributed by atoms with E-state index in [1.165, 1.54) is 89.9 Å². The summed E-state index contributed by atoms with van der Waals surface area (Å²) in [6.07, 6.45) is 67.6. The number of aliphatic carboxylic acids is 1. The van der Waals surface area contributed by atoms with Gasteiger partial charge in [0, 0.05) is 12.8 Å². The number of carbonyl (C=O) groups is 4. The number of hydrogen-bond donors (Lipinski definition) is 3. The number of allylic oxidation sites excluding steroid dienone is 19. The number of aliphatic hydroxyl groups excluding tert-OH is 2. The Morgan fingerprint density at radius 3 is 1.22 bits per heavy atom. The minimum absolute atomic E-state index is 0.0443. The molecule has 0 bridgehead atoms. The first kappa shape index (κ1) is 76.1. The Labute approximate surface area is 503 Å². The van der Waals surface area contributed by atoms with Crippen molar-refractivity contribution in [2.45, 2.75) is 289 Å². The van der Waals surface area contributed by atoms with Crippen LogP contribution in [0, 0.1) is 0 Å². The Bertz CT molecular complexity index is 1900. The number of carbonyl (C=O) groups excluding carboxylic acids is 3. The average molecular weight is 1160 g/mol. The predicted octanol–water partition coefficient (Wildman–Crippen LogP) is 17.6. The molecule has 0 aromatic carbocycles. The fraction of sp³-hybridized carbons (Fsp3) is 0.662. The van der Waals surface area contributed by atoms with E-state index in [0.29, 0.717) is 19.3 Å². The Morgan fingerprint density at radius 1 is 0.422 bits per heavy atom. The van der Waals surface area contributed by atoms with E-state index < -0.39 is 67.3 Å². The molecule has 6 unspecified atom stereocenters. The maximum absolute atomic E-state index is 13.1. The van der Waals surface area contributed by atoms with E-state index in [0.717, 1.165) is 103 Å². The van der Waals surface area contributed by atoms with Crippen LogP contribution < -0.4 is 0 Å². The van der Waals surface area contributed by atoms with E-state index in [4.69, 9.17) is 23.7 Å². The highest BCUT2D eigenvalue weighted by atomic mass is 16.7. The fourth-order valence-corrected chi connectivity index (χ4v) is 9.18. The zero-order valence-corrected chi connectivity index (χ0v) is 51.9. The molecule has 0 radical (unpaired) electrons. The molecule has 12 heteroatoms. The number of hydrogen-bond acceptors (Lipinski definition) is 11. The molecule has 1 aliphatic heterocycles. The number of ether oxygens (including phenoxy) is 5. The summed E-state index contributed by atoms with van der Waals surface area (Å²) in [4.78, 5) is 51.3. The summed E-state index contributed by atoms with van der Waals surface area (Å²) in [7, 11) is 0. The van der Waals surface area contributed by atoms with Crippen LogP contribution in [0.2, 0.25) is 0 Å². The Morgan fingerprint density at radius 2 is 0.795 bits per heavy atom. The number of unbranched alkanes of at least 4 members (excludes halogenated alkanes) is 21. The summed E-state index contributed by atoms with van der Waals surface area (Å²) in [6, 6.07) is 0. The van der Waals surface area contributed by atoms with Crippen LogP contribution in [0.25, 0.3) is 0 Å². The monoisotopic (exact) mass is 1160 g/mol. The Kier molecular flexibility index (Phi) is 52.8. The van der Waals surface area contributed by atoms with Crippen molar-refractivity contribution in [2.24, 2.45) is 0 Å². The van der Waals surface area contributed by atoms with Crippen molar-refractivity contribution in [1.29, 1.82) is 0 Å². The SMILES string of the molecule is CC/C=C\C/C=C\C/C=C\C/C=C\C/C=C\CCCCCC(=O)OCC(COC1OC(C(=O)O)C(O)C(O)C1OC(=O)CCCCCCCCCCCCCCCCCCCCC)OC(=O)C/C=C\C/C=C\C/C=C\C/C=C\C/C=C\CC. The molecule has 1 rings (SSSR count). The first-order chi connectivity index (χ1) is 40.6. The van der Waals surface area contributed by atoms with Crippen molar-refractivity contribution in [3.05, 3.63) is 122 Å². The highest BCUT2D eigenvalue weighted by molar-refractivity contribution is 5.74. The molecule has 12 nitrogen and oxygen atoms in total. The van der Waals surface area contributed by atoms with Crippen LogP contribution in [-0.2, 0) is 42.9 Å². The zero-order valence-electron chi connectivity index (χ0n) is 51.9. The molecule has 0 amide bonds. The summed E-state index contributed by atoms with van der Waals surface area (Å²) >= 11 is 0. The quantitative estimate of drug-likeness (QED) is 0.0228. The molecule has 0 spiro atoms. The second kappa shape index (κ2) is 57.5.